The van der Waals surface area contributed by atoms with E-state index in [0.717, 1.165) is 0 Å². The molecule has 0 aromatic heterocycles. The van der Waals surface area contributed by atoms with Gasteiger partial charge in [-0.15, -0.1) is 0 Å². The highest BCUT2D eigenvalue weighted by Gasteiger charge is 2.16. The van der Waals surface area contributed by atoms with E-state index in [1.807, 2.05) is 13.8 Å². The van der Waals surface area contributed by atoms with Crippen molar-refractivity contribution in [2.24, 2.45) is 5.92 Å². The number of hydrogen-bond donors (Lipinski definition) is 2. The molecule has 6 nitrogen and oxygen atoms in total. The Hall–Kier alpha value is -3.15. The lowest BCUT2D eigenvalue weighted by molar-refractivity contribution is -0.116. The predicted octanol–water partition coefficient (Wildman–Crippen LogP) is 3.72. The van der Waals surface area contributed by atoms with Gasteiger partial charge in [0.2, 0.25) is 5.91 Å². The van der Waals surface area contributed by atoms with Crippen LogP contribution in [0.25, 0.3) is 0 Å². The summed E-state index contributed by atoms with van der Waals surface area (Å²) in [4.78, 5) is 36.0. The Kier molecular flexibility index (Phi) is 6.71. The van der Waals surface area contributed by atoms with E-state index in [4.69, 9.17) is 4.74 Å². The summed E-state index contributed by atoms with van der Waals surface area (Å²) in [5.41, 5.74) is 1.52. The Morgan fingerprint density at radius 3 is 2.37 bits per heavy atom. The van der Waals surface area contributed by atoms with Gasteiger partial charge in [-0.3, -0.25) is 9.59 Å². The van der Waals surface area contributed by atoms with Crippen LogP contribution < -0.4 is 5.32 Å². The Labute approximate surface area is 158 Å². The number of aryl methyl sites for hydroxylation is 1. The monoisotopic (exact) mass is 369 g/mol. The molecule has 0 spiro atoms. The van der Waals surface area contributed by atoms with Gasteiger partial charge in [-0.05, 0) is 48.7 Å². The van der Waals surface area contributed by atoms with Crippen LogP contribution in [0.4, 0.5) is 5.69 Å². The number of phenols is 1. The summed E-state index contributed by atoms with van der Waals surface area (Å²) in [6.07, 6.45) is 0.419. The third-order valence-corrected chi connectivity index (χ3v) is 3.88. The number of esters is 1. The number of Topliss-reactive ketones (excluding diaryl/α,β-unsaturated/α-hetero) is 1. The number of para-hydroxylation sites is 1. The normalized spacial score (nSPS) is 10.5. The van der Waals surface area contributed by atoms with Crippen LogP contribution in [0.15, 0.2) is 42.5 Å². The number of aromatic hydroxyl groups is 1. The summed E-state index contributed by atoms with van der Waals surface area (Å²) in [6.45, 7) is 5.14. The maximum atomic E-state index is 12.2. The van der Waals surface area contributed by atoms with Gasteiger partial charge < -0.3 is 15.2 Å². The van der Waals surface area contributed by atoms with Gasteiger partial charge in [0.05, 0.1) is 0 Å². The number of anilines is 1. The van der Waals surface area contributed by atoms with E-state index in [-0.39, 0.29) is 28.9 Å². The van der Waals surface area contributed by atoms with Crippen molar-refractivity contribution in [3.8, 4) is 5.75 Å². The van der Waals surface area contributed by atoms with Crippen molar-refractivity contribution in [3.05, 3.63) is 59.2 Å². The number of amides is 1. The number of ether oxygens (including phenoxy) is 1. The molecule has 0 aliphatic rings. The molecule has 0 atom stereocenters. The third kappa shape index (κ3) is 5.67. The van der Waals surface area contributed by atoms with Crippen molar-refractivity contribution in [1.82, 2.24) is 0 Å². The quantitative estimate of drug-likeness (QED) is 0.573. The first-order chi connectivity index (χ1) is 12.8. The zero-order chi connectivity index (χ0) is 20.0. The van der Waals surface area contributed by atoms with E-state index in [0.29, 0.717) is 23.2 Å². The second-order valence-electron chi connectivity index (χ2n) is 6.69. The van der Waals surface area contributed by atoms with Crippen LogP contribution in [0.2, 0.25) is 0 Å². The fourth-order valence-corrected chi connectivity index (χ4v) is 2.44. The van der Waals surface area contributed by atoms with Gasteiger partial charge in [-0.25, -0.2) is 4.79 Å². The predicted molar refractivity (Wildman–Crippen MR) is 102 cm³/mol. The first kappa shape index (κ1) is 20.2. The van der Waals surface area contributed by atoms with Crippen molar-refractivity contribution >= 4 is 23.3 Å². The Balaban J connectivity index is 1.93. The van der Waals surface area contributed by atoms with Gasteiger partial charge in [0.25, 0.3) is 0 Å². The molecule has 0 saturated heterocycles. The molecule has 2 rings (SSSR count). The maximum Gasteiger partial charge on any atom is 0.342 e. The SMILES string of the molecule is Cc1cccc(C(=O)OCC(=O)c2ccc(NC(=O)CC(C)C)cc2)c1O. The van der Waals surface area contributed by atoms with Crippen LogP contribution in [-0.2, 0) is 9.53 Å². The number of nitrogens with one attached hydrogen (secondary N) is 1. The lowest BCUT2D eigenvalue weighted by atomic mass is 10.1. The highest BCUT2D eigenvalue weighted by Crippen LogP contribution is 2.22. The van der Waals surface area contributed by atoms with E-state index in [1.165, 1.54) is 6.07 Å². The number of ketones is 1. The fraction of sp³-hybridized carbons (Fsp3) is 0.286. The lowest BCUT2D eigenvalue weighted by Crippen LogP contribution is -2.15. The minimum atomic E-state index is -0.762. The summed E-state index contributed by atoms with van der Waals surface area (Å²) in [6, 6.07) is 11.1. The summed E-state index contributed by atoms with van der Waals surface area (Å²) in [5.74, 6) is -1.13. The molecule has 0 fully saturated rings. The summed E-state index contributed by atoms with van der Waals surface area (Å²) in [5, 5.41) is 12.6. The number of carbonyl (C=O) groups excluding carboxylic acids is 3. The first-order valence-corrected chi connectivity index (χ1v) is 8.66. The van der Waals surface area contributed by atoms with Crippen molar-refractivity contribution < 1.29 is 24.2 Å². The van der Waals surface area contributed by atoms with Gasteiger partial charge in [0.15, 0.2) is 12.4 Å². The molecule has 0 unspecified atom stereocenters. The van der Waals surface area contributed by atoms with E-state index in [1.54, 1.807) is 43.3 Å². The summed E-state index contributed by atoms with van der Waals surface area (Å²) < 4.78 is 5.00. The van der Waals surface area contributed by atoms with Gasteiger partial charge >= 0.3 is 5.97 Å². The number of rotatable bonds is 7. The van der Waals surface area contributed by atoms with Gasteiger partial charge in [-0.1, -0.05) is 26.0 Å². The Bertz CT molecular complexity index is 840. The number of carbonyl (C=O) groups is 3. The van der Waals surface area contributed by atoms with E-state index in [9.17, 15) is 19.5 Å². The third-order valence-electron chi connectivity index (χ3n) is 3.88. The topological polar surface area (TPSA) is 92.7 Å². The highest BCUT2D eigenvalue weighted by atomic mass is 16.5. The minimum absolute atomic E-state index is 0.0195. The molecule has 0 saturated carbocycles. The van der Waals surface area contributed by atoms with Crippen LogP contribution >= 0.6 is 0 Å². The van der Waals surface area contributed by atoms with Crippen LogP contribution in [0, 0.1) is 12.8 Å². The summed E-state index contributed by atoms with van der Waals surface area (Å²) >= 11 is 0. The molecule has 0 aliphatic heterocycles. The van der Waals surface area contributed by atoms with Crippen LogP contribution in [0.1, 0.15) is 46.5 Å². The Morgan fingerprint density at radius 1 is 1.07 bits per heavy atom. The van der Waals surface area contributed by atoms with Gasteiger partial charge in [-0.2, -0.15) is 0 Å². The smallest absolute Gasteiger partial charge is 0.342 e. The number of benzene rings is 2. The molecule has 2 N–H and O–H groups in total. The van der Waals surface area contributed by atoms with E-state index >= 15 is 0 Å². The molecule has 2 aromatic carbocycles. The summed E-state index contributed by atoms with van der Waals surface area (Å²) in [7, 11) is 0. The average Bonchev–Trinajstić information content (AvgIpc) is 2.61. The molecule has 0 aliphatic carbocycles. The second kappa shape index (κ2) is 8.98. The van der Waals surface area contributed by atoms with Crippen LogP contribution in [0.3, 0.4) is 0 Å². The largest absolute Gasteiger partial charge is 0.507 e. The van der Waals surface area contributed by atoms with E-state index < -0.39 is 12.6 Å². The van der Waals surface area contributed by atoms with Crippen molar-refractivity contribution in [1.29, 1.82) is 0 Å². The molecule has 0 heterocycles. The molecule has 142 valence electrons. The zero-order valence-electron chi connectivity index (χ0n) is 15.6. The van der Waals surface area contributed by atoms with Crippen molar-refractivity contribution in [2.75, 3.05) is 11.9 Å². The molecule has 2 aromatic rings. The molecule has 27 heavy (non-hydrogen) atoms. The second-order valence-corrected chi connectivity index (χ2v) is 6.69. The molecule has 6 heteroatoms. The number of phenolic OH excluding ortho intramolecular Hbond substituents is 1. The highest BCUT2D eigenvalue weighted by molar-refractivity contribution is 6.00. The van der Waals surface area contributed by atoms with Crippen LogP contribution in [0.5, 0.6) is 5.75 Å². The van der Waals surface area contributed by atoms with Crippen molar-refractivity contribution in [3.63, 3.8) is 0 Å². The van der Waals surface area contributed by atoms with E-state index in [2.05, 4.69) is 5.32 Å². The fourth-order valence-electron chi connectivity index (χ4n) is 2.44. The first-order valence-electron chi connectivity index (χ1n) is 8.66. The maximum absolute atomic E-state index is 12.2. The van der Waals surface area contributed by atoms with Crippen LogP contribution in [-0.4, -0.2) is 29.4 Å². The molecule has 0 radical (unpaired) electrons. The van der Waals surface area contributed by atoms with Gasteiger partial charge in [0.1, 0.15) is 11.3 Å². The van der Waals surface area contributed by atoms with Crippen molar-refractivity contribution in [2.45, 2.75) is 27.2 Å². The standard InChI is InChI=1S/C21H23NO5/c1-13(2)11-19(24)22-16-9-7-15(8-10-16)18(23)12-27-21(26)17-6-4-5-14(3)20(17)25/h4-10,13,25H,11-12H2,1-3H3,(H,22,24). The molecular formula is C21H23NO5. The lowest BCUT2D eigenvalue weighted by Gasteiger charge is -2.09. The molecule has 0 bridgehead atoms. The molecule has 1 amide bonds. The number of hydrogen-bond acceptors (Lipinski definition) is 5. The average molecular weight is 369 g/mol. The zero-order valence-corrected chi connectivity index (χ0v) is 15.6. The Morgan fingerprint density at radius 2 is 1.74 bits per heavy atom. The molecular weight excluding hydrogens is 346 g/mol. The minimum Gasteiger partial charge on any atom is -0.507 e. The van der Waals surface area contributed by atoms with Gasteiger partial charge in [0, 0.05) is 17.7 Å².